The van der Waals surface area contributed by atoms with Gasteiger partial charge >= 0.3 is 5.97 Å². The molecule has 2 aromatic heterocycles. The van der Waals surface area contributed by atoms with E-state index in [1.54, 1.807) is 6.07 Å². The first-order chi connectivity index (χ1) is 9.58. The van der Waals surface area contributed by atoms with Gasteiger partial charge in [-0.05, 0) is 24.6 Å². The molecule has 7 heteroatoms. The topological polar surface area (TPSA) is 79.3 Å². The van der Waals surface area contributed by atoms with Crippen molar-refractivity contribution in [2.24, 2.45) is 0 Å². The predicted molar refractivity (Wildman–Crippen MR) is 80.4 cm³/mol. The van der Waals surface area contributed by atoms with Gasteiger partial charge in [-0.25, -0.2) is 9.78 Å². The maximum atomic E-state index is 12.0. The summed E-state index contributed by atoms with van der Waals surface area (Å²) < 4.78 is 0. The second-order valence-electron chi connectivity index (χ2n) is 3.81. The van der Waals surface area contributed by atoms with Crippen LogP contribution in [0.4, 0.5) is 5.13 Å². The Hall–Kier alpha value is -1.99. The maximum Gasteiger partial charge on any atom is 0.328 e. The summed E-state index contributed by atoms with van der Waals surface area (Å²) in [6.07, 6.45) is 4.90. The Morgan fingerprint density at radius 1 is 1.40 bits per heavy atom. The molecule has 0 unspecified atom stereocenters. The zero-order valence-corrected chi connectivity index (χ0v) is 12.3. The molecule has 2 rings (SSSR count). The Labute approximate surface area is 123 Å². The van der Waals surface area contributed by atoms with Gasteiger partial charge in [-0.15, -0.1) is 11.3 Å². The molecule has 0 saturated carbocycles. The monoisotopic (exact) mass is 308 g/mol. The van der Waals surface area contributed by atoms with E-state index in [9.17, 15) is 9.59 Å². The summed E-state index contributed by atoms with van der Waals surface area (Å²) in [6.45, 7) is 2.04. The van der Waals surface area contributed by atoms with Crippen LogP contribution in [0.25, 0.3) is 6.08 Å². The lowest BCUT2D eigenvalue weighted by atomic mass is 10.3. The summed E-state index contributed by atoms with van der Waals surface area (Å²) in [4.78, 5) is 28.9. The molecule has 1 amide bonds. The van der Waals surface area contributed by atoms with Gasteiger partial charge in [0.2, 0.25) is 0 Å². The molecular formula is C13H12N2O3S2. The number of carbonyl (C=O) groups is 2. The molecule has 0 radical (unpaired) electrons. The molecular weight excluding hydrogens is 296 g/mol. The number of aliphatic carboxylic acids is 1. The van der Waals surface area contributed by atoms with E-state index in [-0.39, 0.29) is 5.91 Å². The fraction of sp³-hybridized carbons (Fsp3) is 0.154. The Bertz CT molecular complexity index is 658. The third-order valence-corrected chi connectivity index (χ3v) is 4.47. The second-order valence-corrected chi connectivity index (χ2v) is 6.04. The summed E-state index contributed by atoms with van der Waals surface area (Å²) in [6, 6.07) is 3.72. The highest BCUT2D eigenvalue weighted by Crippen LogP contribution is 2.22. The van der Waals surface area contributed by atoms with Crippen molar-refractivity contribution < 1.29 is 14.7 Å². The number of aryl methyl sites for hydroxylation is 1. The number of carboxylic acids is 1. The van der Waals surface area contributed by atoms with Crippen LogP contribution in [-0.4, -0.2) is 22.0 Å². The van der Waals surface area contributed by atoms with E-state index < -0.39 is 5.97 Å². The minimum Gasteiger partial charge on any atom is -0.478 e. The van der Waals surface area contributed by atoms with E-state index in [4.69, 9.17) is 5.11 Å². The zero-order chi connectivity index (χ0) is 14.5. The average molecular weight is 308 g/mol. The van der Waals surface area contributed by atoms with Crippen LogP contribution in [0.15, 0.2) is 24.4 Å². The van der Waals surface area contributed by atoms with E-state index in [1.165, 1.54) is 34.9 Å². The first-order valence-corrected chi connectivity index (χ1v) is 7.48. The second kappa shape index (κ2) is 6.44. The summed E-state index contributed by atoms with van der Waals surface area (Å²) in [5.74, 6) is -1.22. The Morgan fingerprint density at radius 3 is 2.85 bits per heavy atom. The number of hydrogen-bond acceptors (Lipinski definition) is 5. The normalized spacial score (nSPS) is 10.8. The van der Waals surface area contributed by atoms with Crippen LogP contribution >= 0.6 is 22.7 Å². The van der Waals surface area contributed by atoms with Gasteiger partial charge in [0.25, 0.3) is 5.91 Å². The summed E-state index contributed by atoms with van der Waals surface area (Å²) in [5.41, 5.74) is 0. The largest absolute Gasteiger partial charge is 0.478 e. The number of nitrogens with one attached hydrogen (secondary N) is 1. The molecule has 5 nitrogen and oxygen atoms in total. The lowest BCUT2D eigenvalue weighted by Crippen LogP contribution is -2.09. The van der Waals surface area contributed by atoms with Crippen molar-refractivity contribution in [3.05, 3.63) is 39.0 Å². The van der Waals surface area contributed by atoms with Gasteiger partial charge in [0.05, 0.1) is 4.88 Å². The van der Waals surface area contributed by atoms with E-state index >= 15 is 0 Å². The molecule has 2 heterocycles. The molecule has 0 aliphatic carbocycles. The van der Waals surface area contributed by atoms with Gasteiger partial charge in [0.15, 0.2) is 5.13 Å². The first-order valence-electron chi connectivity index (χ1n) is 5.85. The smallest absolute Gasteiger partial charge is 0.328 e. The minimum atomic E-state index is -1.02. The molecule has 0 aliphatic heterocycles. The number of hydrogen-bond donors (Lipinski definition) is 2. The lowest BCUT2D eigenvalue weighted by molar-refractivity contribution is -0.131. The van der Waals surface area contributed by atoms with Crippen LogP contribution in [0.3, 0.4) is 0 Å². The van der Waals surface area contributed by atoms with Gasteiger partial charge in [0.1, 0.15) is 0 Å². The predicted octanol–water partition coefficient (Wildman–Crippen LogP) is 3.12. The summed E-state index contributed by atoms with van der Waals surface area (Å²) in [5, 5.41) is 11.7. The fourth-order valence-electron chi connectivity index (χ4n) is 1.42. The van der Waals surface area contributed by atoms with Crippen LogP contribution in [0, 0.1) is 0 Å². The number of amides is 1. The van der Waals surface area contributed by atoms with Crippen molar-refractivity contribution in [1.29, 1.82) is 0 Å². The number of thiazole rings is 1. The molecule has 20 heavy (non-hydrogen) atoms. The standard InChI is InChI=1S/C13H12N2O3S2/c1-2-8-3-5-10(19-8)12(18)15-13-14-7-9(20-13)4-6-11(16)17/h3-7H,2H2,1H3,(H,16,17)(H,14,15,18). The van der Waals surface area contributed by atoms with Crippen LogP contribution < -0.4 is 5.32 Å². The summed E-state index contributed by atoms with van der Waals surface area (Å²) >= 11 is 2.68. The van der Waals surface area contributed by atoms with E-state index in [0.717, 1.165) is 17.4 Å². The number of carbonyl (C=O) groups excluding carboxylic acids is 1. The highest BCUT2D eigenvalue weighted by Gasteiger charge is 2.11. The van der Waals surface area contributed by atoms with Crippen molar-refractivity contribution in [3.8, 4) is 0 Å². The molecule has 2 N–H and O–H groups in total. The first kappa shape index (κ1) is 14.4. The average Bonchev–Trinajstić information content (AvgIpc) is 3.05. The van der Waals surface area contributed by atoms with E-state index in [2.05, 4.69) is 10.3 Å². The molecule has 0 atom stereocenters. The van der Waals surface area contributed by atoms with Crippen molar-refractivity contribution >= 4 is 45.8 Å². The van der Waals surface area contributed by atoms with E-state index in [0.29, 0.717) is 14.9 Å². The SMILES string of the molecule is CCc1ccc(C(=O)Nc2ncc(C=CC(=O)O)s2)s1. The highest BCUT2D eigenvalue weighted by molar-refractivity contribution is 7.17. The van der Waals surface area contributed by atoms with Gasteiger partial charge < -0.3 is 5.11 Å². The number of carboxylic acid groups (broad SMARTS) is 1. The van der Waals surface area contributed by atoms with Crippen LogP contribution in [0.2, 0.25) is 0 Å². The minimum absolute atomic E-state index is 0.196. The van der Waals surface area contributed by atoms with Gasteiger partial charge in [-0.3, -0.25) is 10.1 Å². The number of rotatable bonds is 5. The van der Waals surface area contributed by atoms with Crippen molar-refractivity contribution in [3.63, 3.8) is 0 Å². The van der Waals surface area contributed by atoms with Crippen molar-refractivity contribution in [2.75, 3.05) is 5.32 Å². The molecule has 0 saturated heterocycles. The number of anilines is 1. The zero-order valence-electron chi connectivity index (χ0n) is 10.6. The number of thiophene rings is 1. The van der Waals surface area contributed by atoms with Gasteiger partial charge in [-0.1, -0.05) is 18.3 Å². The third kappa shape index (κ3) is 3.75. The quantitative estimate of drug-likeness (QED) is 0.832. The Morgan fingerprint density at radius 2 is 2.20 bits per heavy atom. The highest BCUT2D eigenvalue weighted by atomic mass is 32.1. The number of aromatic nitrogens is 1. The van der Waals surface area contributed by atoms with Gasteiger partial charge in [-0.2, -0.15) is 0 Å². The Kier molecular flexibility index (Phi) is 4.65. The molecule has 0 aliphatic rings. The van der Waals surface area contributed by atoms with Crippen molar-refractivity contribution in [2.45, 2.75) is 13.3 Å². The fourth-order valence-corrected chi connectivity index (χ4v) is 2.98. The lowest BCUT2D eigenvalue weighted by Gasteiger charge is -1.97. The van der Waals surface area contributed by atoms with E-state index in [1.807, 2.05) is 13.0 Å². The maximum absolute atomic E-state index is 12.0. The van der Waals surface area contributed by atoms with Crippen LogP contribution in [0.5, 0.6) is 0 Å². The third-order valence-electron chi connectivity index (χ3n) is 2.37. The molecule has 0 bridgehead atoms. The molecule has 2 aromatic rings. The number of nitrogens with zero attached hydrogens (tertiary/aromatic N) is 1. The van der Waals surface area contributed by atoms with Crippen LogP contribution in [-0.2, 0) is 11.2 Å². The molecule has 0 fully saturated rings. The van der Waals surface area contributed by atoms with Gasteiger partial charge in [0, 0.05) is 22.0 Å². The summed E-state index contributed by atoms with van der Waals surface area (Å²) in [7, 11) is 0. The molecule has 0 spiro atoms. The molecule has 0 aromatic carbocycles. The Balaban J connectivity index is 2.03. The van der Waals surface area contributed by atoms with Crippen LogP contribution in [0.1, 0.15) is 26.3 Å². The van der Waals surface area contributed by atoms with Crippen molar-refractivity contribution in [1.82, 2.24) is 4.98 Å². The molecule has 104 valence electrons.